The standard InChI is InChI=1S/C9H15N5O/c1-14-9(11-6-12-14)13-8(15)4-7-2-3-10-5-7/h6-7,10H,2-5H2,1H3,(H,11,12,13,15). The zero-order chi connectivity index (χ0) is 10.7. The van der Waals surface area contributed by atoms with Gasteiger partial charge in [0.05, 0.1) is 0 Å². The van der Waals surface area contributed by atoms with Crippen LogP contribution in [0.15, 0.2) is 6.33 Å². The van der Waals surface area contributed by atoms with Gasteiger partial charge >= 0.3 is 0 Å². The summed E-state index contributed by atoms with van der Waals surface area (Å²) < 4.78 is 1.55. The lowest BCUT2D eigenvalue weighted by Crippen LogP contribution is -2.20. The average molecular weight is 209 g/mol. The molecule has 0 bridgehead atoms. The van der Waals surface area contributed by atoms with E-state index in [0.717, 1.165) is 19.5 Å². The van der Waals surface area contributed by atoms with Crippen molar-refractivity contribution in [3.05, 3.63) is 6.33 Å². The fraction of sp³-hybridized carbons (Fsp3) is 0.667. The largest absolute Gasteiger partial charge is 0.316 e. The van der Waals surface area contributed by atoms with Crippen LogP contribution in [0, 0.1) is 5.92 Å². The molecule has 1 aromatic rings. The van der Waals surface area contributed by atoms with E-state index in [1.165, 1.54) is 6.33 Å². The lowest BCUT2D eigenvalue weighted by molar-refractivity contribution is -0.117. The number of hydrogen-bond donors (Lipinski definition) is 2. The van der Waals surface area contributed by atoms with Crippen molar-refractivity contribution in [3.63, 3.8) is 0 Å². The molecule has 1 aromatic heterocycles. The summed E-state index contributed by atoms with van der Waals surface area (Å²) in [5.74, 6) is 0.976. The van der Waals surface area contributed by atoms with Crippen LogP contribution < -0.4 is 10.6 Å². The second kappa shape index (κ2) is 4.39. The molecule has 0 aliphatic carbocycles. The summed E-state index contributed by atoms with van der Waals surface area (Å²) in [6.07, 6.45) is 3.05. The minimum absolute atomic E-state index is 0.0137. The molecule has 0 aromatic carbocycles. The Labute approximate surface area is 88.1 Å². The number of nitrogens with zero attached hydrogens (tertiary/aromatic N) is 3. The van der Waals surface area contributed by atoms with Crippen LogP contribution in [0.4, 0.5) is 5.95 Å². The van der Waals surface area contributed by atoms with Crippen molar-refractivity contribution in [3.8, 4) is 0 Å². The topological polar surface area (TPSA) is 71.8 Å². The van der Waals surface area contributed by atoms with Crippen LogP contribution in [0.5, 0.6) is 0 Å². The minimum atomic E-state index is 0.0137. The fourth-order valence-corrected chi connectivity index (χ4v) is 1.74. The lowest BCUT2D eigenvalue weighted by Gasteiger charge is -2.07. The first kappa shape index (κ1) is 10.1. The highest BCUT2D eigenvalue weighted by molar-refractivity contribution is 5.89. The van der Waals surface area contributed by atoms with Gasteiger partial charge in [0.25, 0.3) is 0 Å². The summed E-state index contributed by atoms with van der Waals surface area (Å²) in [5.41, 5.74) is 0. The highest BCUT2D eigenvalue weighted by atomic mass is 16.1. The Bertz CT molecular complexity index is 342. The van der Waals surface area contributed by atoms with E-state index in [9.17, 15) is 4.79 Å². The molecular weight excluding hydrogens is 194 g/mol. The SMILES string of the molecule is Cn1ncnc1NC(=O)CC1CCNC1. The van der Waals surface area contributed by atoms with E-state index >= 15 is 0 Å². The minimum Gasteiger partial charge on any atom is -0.316 e. The predicted molar refractivity (Wildman–Crippen MR) is 55.2 cm³/mol. The van der Waals surface area contributed by atoms with Crippen molar-refractivity contribution in [1.82, 2.24) is 20.1 Å². The van der Waals surface area contributed by atoms with E-state index < -0.39 is 0 Å². The van der Waals surface area contributed by atoms with Gasteiger partial charge < -0.3 is 5.32 Å². The summed E-state index contributed by atoms with van der Waals surface area (Å²) >= 11 is 0. The summed E-state index contributed by atoms with van der Waals surface area (Å²) in [6.45, 7) is 1.95. The van der Waals surface area contributed by atoms with Crippen molar-refractivity contribution < 1.29 is 4.79 Å². The molecule has 1 unspecified atom stereocenters. The van der Waals surface area contributed by atoms with Crippen molar-refractivity contribution in [1.29, 1.82) is 0 Å². The first-order chi connectivity index (χ1) is 7.25. The zero-order valence-electron chi connectivity index (χ0n) is 8.73. The van der Waals surface area contributed by atoms with Crippen LogP contribution in [-0.2, 0) is 11.8 Å². The first-order valence-electron chi connectivity index (χ1n) is 5.10. The monoisotopic (exact) mass is 209 g/mol. The summed E-state index contributed by atoms with van der Waals surface area (Å²) in [5, 5.41) is 9.85. The fourth-order valence-electron chi connectivity index (χ4n) is 1.74. The van der Waals surface area contributed by atoms with Gasteiger partial charge in [0.1, 0.15) is 6.33 Å². The van der Waals surface area contributed by atoms with Crippen LogP contribution in [-0.4, -0.2) is 33.8 Å². The van der Waals surface area contributed by atoms with Crippen LogP contribution in [0.25, 0.3) is 0 Å². The van der Waals surface area contributed by atoms with E-state index in [4.69, 9.17) is 0 Å². The molecule has 1 aliphatic rings. The Morgan fingerprint density at radius 3 is 3.27 bits per heavy atom. The molecule has 1 atom stereocenters. The second-order valence-corrected chi connectivity index (χ2v) is 3.82. The van der Waals surface area contributed by atoms with E-state index in [1.807, 2.05) is 0 Å². The van der Waals surface area contributed by atoms with E-state index in [0.29, 0.717) is 18.3 Å². The van der Waals surface area contributed by atoms with Gasteiger partial charge in [-0.2, -0.15) is 10.1 Å². The Balaban J connectivity index is 1.84. The molecular formula is C9H15N5O. The van der Waals surface area contributed by atoms with Gasteiger partial charge in [0.15, 0.2) is 0 Å². The highest BCUT2D eigenvalue weighted by Gasteiger charge is 2.18. The maximum absolute atomic E-state index is 11.6. The van der Waals surface area contributed by atoms with Gasteiger partial charge in [-0.05, 0) is 25.4 Å². The highest BCUT2D eigenvalue weighted by Crippen LogP contribution is 2.12. The van der Waals surface area contributed by atoms with Gasteiger partial charge in [-0.15, -0.1) is 0 Å². The van der Waals surface area contributed by atoms with Crippen LogP contribution in [0.2, 0.25) is 0 Å². The lowest BCUT2D eigenvalue weighted by atomic mass is 10.1. The van der Waals surface area contributed by atoms with Crippen LogP contribution >= 0.6 is 0 Å². The first-order valence-corrected chi connectivity index (χ1v) is 5.10. The molecule has 15 heavy (non-hydrogen) atoms. The van der Waals surface area contributed by atoms with E-state index in [-0.39, 0.29) is 5.91 Å². The molecule has 1 aliphatic heterocycles. The molecule has 2 N–H and O–H groups in total. The number of anilines is 1. The van der Waals surface area contributed by atoms with Crippen molar-refractivity contribution in [2.24, 2.45) is 13.0 Å². The normalized spacial score (nSPS) is 20.5. The molecule has 0 radical (unpaired) electrons. The molecule has 0 spiro atoms. The Morgan fingerprint density at radius 1 is 1.80 bits per heavy atom. The molecule has 2 rings (SSSR count). The van der Waals surface area contributed by atoms with Crippen molar-refractivity contribution in [2.45, 2.75) is 12.8 Å². The quantitative estimate of drug-likeness (QED) is 0.720. The number of carbonyl (C=O) groups is 1. The molecule has 82 valence electrons. The van der Waals surface area contributed by atoms with Crippen molar-refractivity contribution in [2.75, 3.05) is 18.4 Å². The Hall–Kier alpha value is -1.43. The predicted octanol–water partition coefficient (Wildman–Crippen LogP) is -0.247. The van der Waals surface area contributed by atoms with Crippen molar-refractivity contribution >= 4 is 11.9 Å². The third kappa shape index (κ3) is 2.53. The maximum Gasteiger partial charge on any atom is 0.227 e. The molecule has 1 saturated heterocycles. The van der Waals surface area contributed by atoms with Crippen LogP contribution in [0.3, 0.4) is 0 Å². The molecule has 1 amide bonds. The summed E-state index contributed by atoms with van der Waals surface area (Å²) in [6, 6.07) is 0. The van der Waals surface area contributed by atoms with E-state index in [2.05, 4.69) is 20.7 Å². The number of amides is 1. The number of hydrogen-bond acceptors (Lipinski definition) is 4. The Morgan fingerprint density at radius 2 is 2.67 bits per heavy atom. The second-order valence-electron chi connectivity index (χ2n) is 3.82. The molecule has 0 saturated carbocycles. The molecule has 2 heterocycles. The number of rotatable bonds is 3. The number of nitrogens with one attached hydrogen (secondary N) is 2. The molecule has 6 nitrogen and oxygen atoms in total. The average Bonchev–Trinajstić information content (AvgIpc) is 2.79. The van der Waals surface area contributed by atoms with Gasteiger partial charge in [0, 0.05) is 13.5 Å². The summed E-state index contributed by atoms with van der Waals surface area (Å²) in [4.78, 5) is 15.5. The molecule has 1 fully saturated rings. The van der Waals surface area contributed by atoms with Gasteiger partial charge in [-0.25, -0.2) is 4.68 Å². The molecule has 6 heteroatoms. The smallest absolute Gasteiger partial charge is 0.227 e. The maximum atomic E-state index is 11.6. The zero-order valence-corrected chi connectivity index (χ0v) is 8.73. The Kier molecular flexibility index (Phi) is 2.96. The van der Waals surface area contributed by atoms with Gasteiger partial charge in [0.2, 0.25) is 11.9 Å². The van der Waals surface area contributed by atoms with Crippen LogP contribution in [0.1, 0.15) is 12.8 Å². The third-order valence-electron chi connectivity index (χ3n) is 2.60. The number of aryl methyl sites for hydroxylation is 1. The van der Waals surface area contributed by atoms with E-state index in [1.54, 1.807) is 11.7 Å². The third-order valence-corrected chi connectivity index (χ3v) is 2.60. The number of aromatic nitrogens is 3. The number of carbonyl (C=O) groups excluding carboxylic acids is 1. The van der Waals surface area contributed by atoms with Gasteiger partial charge in [-0.1, -0.05) is 0 Å². The summed E-state index contributed by atoms with van der Waals surface area (Å²) in [7, 11) is 1.75. The van der Waals surface area contributed by atoms with Gasteiger partial charge in [-0.3, -0.25) is 10.1 Å².